The van der Waals surface area contributed by atoms with Gasteiger partial charge >= 0.3 is 0 Å². The molecule has 2 aromatic carbocycles. The molecule has 7 nitrogen and oxygen atoms in total. The van der Waals surface area contributed by atoms with E-state index in [4.69, 9.17) is 5.73 Å². The number of thioether (sulfide) groups is 1. The lowest BCUT2D eigenvalue weighted by Crippen LogP contribution is -2.16. The van der Waals surface area contributed by atoms with Crippen LogP contribution in [-0.2, 0) is 14.6 Å². The van der Waals surface area contributed by atoms with Crippen molar-refractivity contribution in [2.24, 2.45) is 0 Å². The lowest BCUT2D eigenvalue weighted by Gasteiger charge is -2.10. The summed E-state index contributed by atoms with van der Waals surface area (Å²) in [5, 5.41) is 2.31. The molecule has 1 heterocycles. The van der Waals surface area contributed by atoms with Crippen LogP contribution < -0.4 is 11.1 Å². The fraction of sp³-hybridized carbons (Fsp3) is 0.190. The number of anilines is 2. The van der Waals surface area contributed by atoms with Crippen molar-refractivity contribution in [3.8, 4) is 0 Å². The van der Waals surface area contributed by atoms with Gasteiger partial charge in [-0.2, -0.15) is 0 Å². The lowest BCUT2D eigenvalue weighted by atomic mass is 10.0. The van der Waals surface area contributed by atoms with Gasteiger partial charge in [0.15, 0.2) is 5.16 Å². The maximum atomic E-state index is 13.6. The average molecular weight is 479 g/mol. The molecule has 0 saturated heterocycles. The van der Waals surface area contributed by atoms with Crippen LogP contribution in [0.15, 0.2) is 63.6 Å². The number of carbonyl (C=O) groups is 1. The van der Waals surface area contributed by atoms with Crippen LogP contribution >= 0.6 is 11.8 Å². The zero-order valence-electron chi connectivity index (χ0n) is 17.2. The van der Waals surface area contributed by atoms with E-state index in [0.29, 0.717) is 0 Å². The van der Waals surface area contributed by atoms with Crippen LogP contribution in [0.1, 0.15) is 25.3 Å². The van der Waals surface area contributed by atoms with Gasteiger partial charge in [0.2, 0.25) is 15.7 Å². The van der Waals surface area contributed by atoms with Crippen LogP contribution in [0.5, 0.6) is 0 Å². The van der Waals surface area contributed by atoms with E-state index >= 15 is 0 Å². The van der Waals surface area contributed by atoms with Crippen LogP contribution in [0.25, 0.3) is 0 Å². The Morgan fingerprint density at radius 2 is 1.84 bits per heavy atom. The molecule has 3 N–H and O–H groups in total. The van der Waals surface area contributed by atoms with Gasteiger partial charge in [-0.05, 0) is 35.7 Å². The number of nitrogens with one attached hydrogen (secondary N) is 1. The van der Waals surface area contributed by atoms with E-state index in [2.05, 4.69) is 15.3 Å². The number of hydrogen-bond donors (Lipinski definition) is 2. The largest absolute Gasteiger partial charge is 0.382 e. The number of amides is 1. The minimum atomic E-state index is -3.93. The first-order chi connectivity index (χ1) is 15.1. The fourth-order valence-electron chi connectivity index (χ4n) is 2.71. The summed E-state index contributed by atoms with van der Waals surface area (Å²) in [4.78, 5) is 19.8. The molecular formula is C21H20F2N4O3S2. The third kappa shape index (κ3) is 5.40. The molecule has 3 rings (SSSR count). The SMILES string of the molecule is CC(C)c1ccc(S(=O)(=O)c2cnc(SCC(=O)Nc3cc(F)ccc3F)nc2N)cc1. The summed E-state index contributed by atoms with van der Waals surface area (Å²) in [5.74, 6) is -2.32. The predicted octanol–water partition coefficient (Wildman–Crippen LogP) is 4.02. The minimum absolute atomic E-state index is 0.0615. The number of nitrogens with two attached hydrogens (primary N) is 1. The van der Waals surface area contributed by atoms with Crippen LogP contribution in [-0.4, -0.2) is 30.0 Å². The van der Waals surface area contributed by atoms with Gasteiger partial charge < -0.3 is 11.1 Å². The number of halogens is 2. The summed E-state index contributed by atoms with van der Waals surface area (Å²) in [7, 11) is -3.93. The number of hydrogen-bond acceptors (Lipinski definition) is 7. The molecule has 0 fully saturated rings. The van der Waals surface area contributed by atoms with Crippen molar-refractivity contribution >= 4 is 39.0 Å². The third-order valence-corrected chi connectivity index (χ3v) is 7.09. The Kier molecular flexibility index (Phi) is 7.09. The molecule has 0 aliphatic rings. The molecule has 3 aromatic rings. The second-order valence-corrected chi connectivity index (χ2v) is 9.95. The predicted molar refractivity (Wildman–Crippen MR) is 118 cm³/mol. The van der Waals surface area contributed by atoms with Gasteiger partial charge in [-0.1, -0.05) is 37.7 Å². The van der Waals surface area contributed by atoms with E-state index in [9.17, 15) is 22.0 Å². The van der Waals surface area contributed by atoms with E-state index in [1.165, 1.54) is 12.1 Å². The van der Waals surface area contributed by atoms with Gasteiger partial charge in [0.1, 0.15) is 22.3 Å². The first-order valence-electron chi connectivity index (χ1n) is 9.43. The summed E-state index contributed by atoms with van der Waals surface area (Å²) in [6.07, 6.45) is 1.08. The van der Waals surface area contributed by atoms with E-state index in [1.54, 1.807) is 12.1 Å². The molecule has 0 atom stereocenters. The molecule has 0 aliphatic carbocycles. The number of aromatic nitrogens is 2. The summed E-state index contributed by atoms with van der Waals surface area (Å²) in [5.41, 5.74) is 6.56. The summed E-state index contributed by atoms with van der Waals surface area (Å²) < 4.78 is 52.6. The van der Waals surface area contributed by atoms with Crippen molar-refractivity contribution in [2.45, 2.75) is 34.7 Å². The van der Waals surface area contributed by atoms with E-state index in [0.717, 1.165) is 41.7 Å². The summed E-state index contributed by atoms with van der Waals surface area (Å²) in [6.45, 7) is 4.00. The van der Waals surface area contributed by atoms with Gasteiger partial charge in [0.05, 0.1) is 22.5 Å². The number of nitrogens with zero attached hydrogens (tertiary/aromatic N) is 2. The van der Waals surface area contributed by atoms with Crippen LogP contribution in [0, 0.1) is 11.6 Å². The molecule has 0 radical (unpaired) electrons. The third-order valence-electron chi connectivity index (χ3n) is 4.44. The Morgan fingerprint density at radius 1 is 1.16 bits per heavy atom. The first kappa shape index (κ1) is 23.6. The molecule has 11 heteroatoms. The second-order valence-electron chi connectivity index (χ2n) is 7.09. The van der Waals surface area contributed by atoms with Crippen LogP contribution in [0.4, 0.5) is 20.3 Å². The highest BCUT2D eigenvalue weighted by atomic mass is 32.2. The lowest BCUT2D eigenvalue weighted by molar-refractivity contribution is -0.113. The Morgan fingerprint density at radius 3 is 2.47 bits per heavy atom. The Labute approximate surface area is 188 Å². The second kappa shape index (κ2) is 9.61. The molecule has 0 saturated carbocycles. The molecule has 0 bridgehead atoms. The van der Waals surface area contributed by atoms with Crippen molar-refractivity contribution in [3.63, 3.8) is 0 Å². The summed E-state index contributed by atoms with van der Waals surface area (Å²) in [6, 6.07) is 9.17. The van der Waals surface area contributed by atoms with E-state index in [-0.39, 0.29) is 38.1 Å². The molecule has 32 heavy (non-hydrogen) atoms. The summed E-state index contributed by atoms with van der Waals surface area (Å²) >= 11 is 0.867. The smallest absolute Gasteiger partial charge is 0.234 e. The molecule has 1 amide bonds. The standard InChI is InChI=1S/C21H20F2N4O3S2/c1-12(2)13-3-6-15(7-4-13)32(29,30)18-10-25-21(27-20(18)24)31-11-19(28)26-17-9-14(22)5-8-16(17)23/h3-10,12H,11H2,1-2H3,(H,26,28)(H2,24,25,27). The van der Waals surface area contributed by atoms with Crippen LogP contribution in [0.3, 0.4) is 0 Å². The minimum Gasteiger partial charge on any atom is -0.382 e. The first-order valence-corrected chi connectivity index (χ1v) is 11.9. The molecule has 0 aliphatic heterocycles. The van der Waals surface area contributed by atoms with Gasteiger partial charge in [-0.3, -0.25) is 4.79 Å². The van der Waals surface area contributed by atoms with Crippen molar-refractivity contribution in [3.05, 3.63) is 65.9 Å². The van der Waals surface area contributed by atoms with Gasteiger partial charge in [-0.25, -0.2) is 27.2 Å². The van der Waals surface area contributed by atoms with E-state index < -0.39 is 27.4 Å². The Bertz CT molecular complexity index is 1250. The number of carbonyl (C=O) groups excluding carboxylic acids is 1. The Hall–Kier alpha value is -3.05. The van der Waals surface area contributed by atoms with Gasteiger partial charge in [-0.15, -0.1) is 0 Å². The molecule has 1 aromatic heterocycles. The van der Waals surface area contributed by atoms with Gasteiger partial charge in [0, 0.05) is 6.07 Å². The average Bonchev–Trinajstić information content (AvgIpc) is 2.74. The van der Waals surface area contributed by atoms with Crippen molar-refractivity contribution in [2.75, 3.05) is 16.8 Å². The number of benzene rings is 2. The number of nitrogen functional groups attached to an aromatic ring is 1. The molecule has 168 valence electrons. The van der Waals surface area contributed by atoms with Crippen LogP contribution in [0.2, 0.25) is 0 Å². The molecular weight excluding hydrogens is 458 g/mol. The van der Waals surface area contributed by atoms with Crippen molar-refractivity contribution in [1.29, 1.82) is 0 Å². The highest BCUT2D eigenvalue weighted by Gasteiger charge is 2.23. The maximum Gasteiger partial charge on any atom is 0.234 e. The number of sulfone groups is 1. The monoisotopic (exact) mass is 478 g/mol. The van der Waals surface area contributed by atoms with Crippen molar-refractivity contribution < 1.29 is 22.0 Å². The Balaban J connectivity index is 1.70. The fourth-order valence-corrected chi connectivity index (χ4v) is 4.60. The quantitative estimate of drug-likeness (QED) is 0.389. The van der Waals surface area contributed by atoms with Gasteiger partial charge in [0.25, 0.3) is 0 Å². The topological polar surface area (TPSA) is 115 Å². The highest BCUT2D eigenvalue weighted by Crippen LogP contribution is 2.27. The van der Waals surface area contributed by atoms with E-state index in [1.807, 2.05) is 13.8 Å². The molecule has 0 unspecified atom stereocenters. The zero-order valence-corrected chi connectivity index (χ0v) is 18.8. The normalized spacial score (nSPS) is 11.5. The zero-order chi connectivity index (χ0) is 23.5. The number of rotatable bonds is 7. The highest BCUT2D eigenvalue weighted by molar-refractivity contribution is 7.99. The maximum absolute atomic E-state index is 13.6. The van der Waals surface area contributed by atoms with Crippen molar-refractivity contribution in [1.82, 2.24) is 9.97 Å². The molecule has 0 spiro atoms.